The summed E-state index contributed by atoms with van der Waals surface area (Å²) in [5.74, 6) is -0.334. The second-order valence-corrected chi connectivity index (χ2v) is 7.92. The van der Waals surface area contributed by atoms with Crippen LogP contribution in [0.15, 0.2) is 43.0 Å². The zero-order chi connectivity index (χ0) is 24.9. The van der Waals surface area contributed by atoms with Gasteiger partial charge in [0.05, 0.1) is 22.3 Å². The highest BCUT2D eigenvalue weighted by atomic mass is 19.4. The van der Waals surface area contributed by atoms with E-state index in [4.69, 9.17) is 0 Å². The largest absolute Gasteiger partial charge is 0.435 e. The van der Waals surface area contributed by atoms with E-state index >= 15 is 0 Å². The Kier molecular flexibility index (Phi) is 5.39. The predicted octanol–water partition coefficient (Wildman–Crippen LogP) is 5.00. The minimum Gasteiger partial charge on any atom is -0.385 e. The molecule has 5 aromatic rings. The molecule has 0 aliphatic rings. The molecule has 0 aliphatic heterocycles. The molecular weight excluding hydrogens is 466 g/mol. The molecule has 4 heterocycles. The van der Waals surface area contributed by atoms with Crippen LogP contribution in [0.3, 0.4) is 0 Å². The van der Waals surface area contributed by atoms with Crippen LogP contribution >= 0.6 is 0 Å². The zero-order valence-electron chi connectivity index (χ0n) is 18.5. The van der Waals surface area contributed by atoms with Gasteiger partial charge in [0.2, 0.25) is 0 Å². The van der Waals surface area contributed by atoms with Gasteiger partial charge >= 0.3 is 6.18 Å². The molecule has 8 nitrogen and oxygen atoms in total. The van der Waals surface area contributed by atoms with Crippen molar-refractivity contribution in [3.05, 3.63) is 60.3 Å². The number of H-pyrrole nitrogens is 1. The average Bonchev–Trinajstić information content (AvgIpc) is 3.44. The Bertz CT molecular complexity index is 1540. The first-order valence-electron chi connectivity index (χ1n) is 10.7. The smallest absolute Gasteiger partial charge is 0.385 e. The van der Waals surface area contributed by atoms with Crippen LogP contribution < -0.4 is 5.32 Å². The first-order chi connectivity index (χ1) is 16.7. The first-order valence-corrected chi connectivity index (χ1v) is 10.7. The van der Waals surface area contributed by atoms with Gasteiger partial charge in [0, 0.05) is 47.8 Å². The molecule has 1 atom stereocenters. The van der Waals surface area contributed by atoms with Crippen LogP contribution in [0.5, 0.6) is 0 Å². The number of aliphatic hydroxyl groups excluding tert-OH is 1. The maximum atomic E-state index is 14.6. The van der Waals surface area contributed by atoms with Crippen LogP contribution in [0.2, 0.25) is 0 Å². The van der Waals surface area contributed by atoms with Crippen molar-refractivity contribution in [3.8, 4) is 16.8 Å². The van der Waals surface area contributed by atoms with Crippen LogP contribution in [-0.4, -0.2) is 41.4 Å². The van der Waals surface area contributed by atoms with Crippen molar-refractivity contribution in [1.82, 2.24) is 29.7 Å². The molecule has 0 radical (unpaired) electrons. The Balaban J connectivity index is 1.85. The predicted molar refractivity (Wildman–Crippen MR) is 122 cm³/mol. The van der Waals surface area contributed by atoms with E-state index in [0.717, 1.165) is 10.7 Å². The quantitative estimate of drug-likeness (QED) is 0.303. The Morgan fingerprint density at radius 3 is 2.51 bits per heavy atom. The Hall–Kier alpha value is -4.06. The molecule has 12 heteroatoms. The number of hydrogen-bond donors (Lipinski definition) is 3. The molecule has 0 spiro atoms. The maximum absolute atomic E-state index is 14.6. The highest BCUT2D eigenvalue weighted by Crippen LogP contribution is 2.39. The van der Waals surface area contributed by atoms with E-state index < -0.39 is 23.8 Å². The van der Waals surface area contributed by atoms with Gasteiger partial charge in [-0.2, -0.15) is 18.3 Å². The monoisotopic (exact) mass is 485 g/mol. The zero-order valence-corrected chi connectivity index (χ0v) is 18.5. The molecule has 0 aliphatic carbocycles. The van der Waals surface area contributed by atoms with E-state index in [-0.39, 0.29) is 11.5 Å². The van der Waals surface area contributed by atoms with Gasteiger partial charge in [0.15, 0.2) is 11.5 Å². The van der Waals surface area contributed by atoms with Gasteiger partial charge in [-0.15, -0.1) is 0 Å². The molecule has 0 bridgehead atoms. The Labute approximate surface area is 195 Å². The molecule has 35 heavy (non-hydrogen) atoms. The first kappa shape index (κ1) is 22.7. The number of aliphatic hydroxyl groups is 1. The fourth-order valence-electron chi connectivity index (χ4n) is 3.98. The van der Waals surface area contributed by atoms with Gasteiger partial charge in [-0.3, -0.25) is 0 Å². The van der Waals surface area contributed by atoms with Crippen molar-refractivity contribution < 1.29 is 22.7 Å². The summed E-state index contributed by atoms with van der Waals surface area (Å²) in [7, 11) is 0. The van der Waals surface area contributed by atoms with E-state index in [1.54, 1.807) is 0 Å². The molecule has 0 fully saturated rings. The fourth-order valence-corrected chi connectivity index (χ4v) is 3.98. The van der Waals surface area contributed by atoms with Crippen molar-refractivity contribution in [2.45, 2.75) is 26.1 Å². The highest BCUT2D eigenvalue weighted by molar-refractivity contribution is 6.15. The summed E-state index contributed by atoms with van der Waals surface area (Å²) in [5.41, 5.74) is 1.37. The summed E-state index contributed by atoms with van der Waals surface area (Å²) in [6.45, 7) is 3.90. The van der Waals surface area contributed by atoms with Crippen LogP contribution in [0.1, 0.15) is 31.5 Å². The van der Waals surface area contributed by atoms with Crippen molar-refractivity contribution in [1.29, 1.82) is 0 Å². The molecule has 0 saturated carbocycles. The third-order valence-electron chi connectivity index (χ3n) is 5.50. The number of alkyl halides is 3. The molecule has 1 unspecified atom stereocenters. The van der Waals surface area contributed by atoms with Crippen LogP contribution in [0, 0.1) is 5.82 Å². The summed E-state index contributed by atoms with van der Waals surface area (Å²) in [4.78, 5) is 15.9. The van der Waals surface area contributed by atoms with Gasteiger partial charge in [-0.25, -0.2) is 24.0 Å². The molecule has 0 amide bonds. The molecular formula is C23H19F4N7O. The number of aromatic nitrogens is 6. The van der Waals surface area contributed by atoms with Crippen molar-refractivity contribution >= 4 is 27.6 Å². The van der Waals surface area contributed by atoms with Crippen LogP contribution in [-0.2, 0) is 6.18 Å². The van der Waals surface area contributed by atoms with Gasteiger partial charge < -0.3 is 15.4 Å². The summed E-state index contributed by atoms with van der Waals surface area (Å²) < 4.78 is 55.8. The molecule has 0 saturated heterocycles. The number of fused-ring (bicyclic) bond motifs is 3. The minimum absolute atomic E-state index is 0.187. The number of halogens is 4. The Morgan fingerprint density at radius 2 is 1.89 bits per heavy atom. The SMILES string of the molecule is CCNc1cc(F)cc2c1[nH]c1ncc(-c3cnc(C(C)O)nc3)c(-n3ccc(C(F)(F)F)n3)c12. The number of nitrogens with one attached hydrogen (secondary N) is 2. The average molecular weight is 485 g/mol. The highest BCUT2D eigenvalue weighted by Gasteiger charge is 2.34. The molecule has 5 rings (SSSR count). The fraction of sp³-hybridized carbons (Fsp3) is 0.217. The lowest BCUT2D eigenvalue weighted by molar-refractivity contribution is -0.141. The second-order valence-electron chi connectivity index (χ2n) is 7.92. The number of rotatable bonds is 5. The van der Waals surface area contributed by atoms with Crippen molar-refractivity contribution in [2.75, 3.05) is 11.9 Å². The molecule has 1 aromatic carbocycles. The lowest BCUT2D eigenvalue weighted by Crippen LogP contribution is -2.08. The summed E-state index contributed by atoms with van der Waals surface area (Å²) >= 11 is 0. The van der Waals surface area contributed by atoms with Gasteiger partial charge in [-0.1, -0.05) is 0 Å². The summed E-state index contributed by atoms with van der Waals surface area (Å²) in [6, 6.07) is 3.49. The van der Waals surface area contributed by atoms with Gasteiger partial charge in [0.1, 0.15) is 17.6 Å². The normalized spacial score (nSPS) is 13.0. The lowest BCUT2D eigenvalue weighted by atomic mass is 10.0. The standard InChI is InChI=1S/C23H19F4N7O/c1-3-28-16-7-13(24)6-14-18-20(34-5-4-17(33-34)23(25,26)27)15(10-31-22(18)32-19(14)16)12-8-29-21(11(2)35)30-9-12/h4-11,28,35H,3H2,1-2H3,(H,31,32). The minimum atomic E-state index is -4.65. The third kappa shape index (κ3) is 3.95. The number of pyridine rings is 1. The van der Waals surface area contributed by atoms with E-state index in [1.165, 1.54) is 43.8 Å². The van der Waals surface area contributed by atoms with E-state index in [0.29, 0.717) is 45.3 Å². The van der Waals surface area contributed by atoms with Crippen molar-refractivity contribution in [2.24, 2.45) is 0 Å². The topological polar surface area (TPSA) is 105 Å². The number of nitrogens with zero attached hydrogens (tertiary/aromatic N) is 5. The summed E-state index contributed by atoms with van der Waals surface area (Å²) in [6.07, 6.45) is -0.0129. The van der Waals surface area contributed by atoms with E-state index in [2.05, 4.69) is 30.4 Å². The number of hydrogen-bond acceptors (Lipinski definition) is 6. The molecule has 180 valence electrons. The number of aromatic amines is 1. The van der Waals surface area contributed by atoms with Gasteiger partial charge in [0.25, 0.3) is 0 Å². The van der Waals surface area contributed by atoms with Crippen molar-refractivity contribution in [3.63, 3.8) is 0 Å². The third-order valence-corrected chi connectivity index (χ3v) is 5.50. The van der Waals surface area contributed by atoms with Crippen LogP contribution in [0.4, 0.5) is 23.2 Å². The Morgan fingerprint density at radius 1 is 1.14 bits per heavy atom. The number of benzene rings is 1. The van der Waals surface area contributed by atoms with Crippen LogP contribution in [0.25, 0.3) is 38.8 Å². The van der Waals surface area contributed by atoms with E-state index in [1.807, 2.05) is 6.92 Å². The molecule has 3 N–H and O–H groups in total. The number of anilines is 1. The lowest BCUT2D eigenvalue weighted by Gasteiger charge is -2.12. The summed E-state index contributed by atoms with van der Waals surface area (Å²) in [5, 5.41) is 17.4. The maximum Gasteiger partial charge on any atom is 0.435 e. The van der Waals surface area contributed by atoms with E-state index in [9.17, 15) is 22.7 Å². The van der Waals surface area contributed by atoms with Gasteiger partial charge in [-0.05, 0) is 32.0 Å². The second kappa shape index (κ2) is 8.31. The molecule has 4 aromatic heterocycles.